The van der Waals surface area contributed by atoms with E-state index in [1.54, 1.807) is 6.20 Å². The normalized spacial score (nSPS) is 18.9. The number of rotatable bonds is 3. The van der Waals surface area contributed by atoms with Crippen molar-refractivity contribution in [2.45, 2.75) is 6.04 Å². The lowest BCUT2D eigenvalue weighted by Gasteiger charge is -2.31. The van der Waals surface area contributed by atoms with E-state index in [0.29, 0.717) is 6.54 Å². The van der Waals surface area contributed by atoms with Crippen molar-refractivity contribution in [3.8, 4) is 0 Å². The summed E-state index contributed by atoms with van der Waals surface area (Å²) in [5.41, 5.74) is 1.13. The van der Waals surface area contributed by atoms with E-state index in [4.69, 9.17) is 11.3 Å². The highest BCUT2D eigenvalue weighted by molar-refractivity contribution is 5.15. The van der Waals surface area contributed by atoms with Gasteiger partial charge in [0.25, 0.3) is 0 Å². The summed E-state index contributed by atoms with van der Waals surface area (Å²) in [7, 11) is 0. The van der Waals surface area contributed by atoms with E-state index in [0.717, 1.165) is 31.9 Å². The Morgan fingerprint density at radius 3 is 2.94 bits per heavy atom. The molecule has 1 aliphatic rings. The van der Waals surface area contributed by atoms with E-state index < -0.39 is 0 Å². The van der Waals surface area contributed by atoms with E-state index in [1.807, 2.05) is 18.3 Å². The summed E-state index contributed by atoms with van der Waals surface area (Å²) in [6, 6.07) is 4.13. The van der Waals surface area contributed by atoms with Crippen LogP contribution in [0.4, 0.5) is 0 Å². The molecule has 1 unspecified atom stereocenters. The summed E-state index contributed by atoms with van der Waals surface area (Å²) in [5, 5.41) is 0. The van der Waals surface area contributed by atoms with Crippen molar-refractivity contribution in [3.63, 3.8) is 0 Å². The van der Waals surface area contributed by atoms with Crippen molar-refractivity contribution >= 4 is 0 Å². The van der Waals surface area contributed by atoms with Gasteiger partial charge in [0.15, 0.2) is 0 Å². The first-order valence-corrected chi connectivity index (χ1v) is 5.47. The number of nitrogens with zero attached hydrogens (tertiary/aromatic N) is 3. The van der Waals surface area contributed by atoms with Crippen molar-refractivity contribution in [3.05, 3.63) is 41.5 Å². The highest BCUT2D eigenvalue weighted by Gasteiger charge is 2.24. The standard InChI is InChI=1S/C12H15N3O/c1-13-10-12(11-3-2-4-14-9-11)15-5-7-16-8-6-15/h2-4,9,12H,5-8,10H2. The number of pyridine rings is 1. The molecular weight excluding hydrogens is 202 g/mol. The van der Waals surface area contributed by atoms with E-state index in [9.17, 15) is 0 Å². The molecular formula is C12H15N3O. The molecule has 1 atom stereocenters. The molecule has 0 bridgehead atoms. The molecule has 0 saturated carbocycles. The quantitative estimate of drug-likeness (QED) is 0.716. The highest BCUT2D eigenvalue weighted by atomic mass is 16.5. The predicted octanol–water partition coefficient (Wildman–Crippen LogP) is 1.37. The summed E-state index contributed by atoms with van der Waals surface area (Å²) < 4.78 is 5.33. The fraction of sp³-hybridized carbons (Fsp3) is 0.500. The third-order valence-electron chi connectivity index (χ3n) is 2.82. The Kier molecular flexibility index (Phi) is 3.86. The zero-order valence-corrected chi connectivity index (χ0v) is 9.17. The van der Waals surface area contributed by atoms with Crippen LogP contribution in [0.3, 0.4) is 0 Å². The van der Waals surface area contributed by atoms with Crippen LogP contribution in [0.15, 0.2) is 24.5 Å². The van der Waals surface area contributed by atoms with E-state index in [1.165, 1.54) is 0 Å². The summed E-state index contributed by atoms with van der Waals surface area (Å²) in [6.45, 7) is 10.9. The number of hydrogen-bond donors (Lipinski definition) is 0. The van der Waals surface area contributed by atoms with Crippen LogP contribution in [0.5, 0.6) is 0 Å². The molecule has 0 amide bonds. The van der Waals surface area contributed by atoms with E-state index in [-0.39, 0.29) is 6.04 Å². The maximum atomic E-state index is 7.05. The van der Waals surface area contributed by atoms with Crippen LogP contribution in [0, 0.1) is 6.57 Å². The minimum atomic E-state index is 0.162. The third kappa shape index (κ3) is 2.57. The molecule has 2 heterocycles. The predicted molar refractivity (Wildman–Crippen MR) is 60.8 cm³/mol. The summed E-state index contributed by atoms with van der Waals surface area (Å²) in [6.07, 6.45) is 3.61. The average molecular weight is 217 g/mol. The maximum absolute atomic E-state index is 7.05. The van der Waals surface area contributed by atoms with Crippen LogP contribution in [-0.2, 0) is 4.74 Å². The lowest BCUT2D eigenvalue weighted by Crippen LogP contribution is -2.40. The zero-order valence-electron chi connectivity index (χ0n) is 9.17. The molecule has 1 aromatic rings. The maximum Gasteiger partial charge on any atom is 0.234 e. The second-order valence-corrected chi connectivity index (χ2v) is 3.79. The fourth-order valence-electron chi connectivity index (χ4n) is 1.98. The minimum Gasteiger partial charge on any atom is -0.379 e. The van der Waals surface area contributed by atoms with Gasteiger partial charge in [0.2, 0.25) is 6.54 Å². The highest BCUT2D eigenvalue weighted by Crippen LogP contribution is 2.21. The van der Waals surface area contributed by atoms with Gasteiger partial charge in [-0.1, -0.05) is 6.07 Å². The first-order valence-electron chi connectivity index (χ1n) is 5.47. The number of hydrogen-bond acceptors (Lipinski definition) is 3. The molecule has 0 aromatic carbocycles. The van der Waals surface area contributed by atoms with Gasteiger partial charge in [0.1, 0.15) is 6.04 Å². The van der Waals surface area contributed by atoms with Gasteiger partial charge in [-0.15, -0.1) is 0 Å². The molecule has 2 rings (SSSR count). The van der Waals surface area contributed by atoms with Gasteiger partial charge in [-0.05, 0) is 11.6 Å². The topological polar surface area (TPSA) is 29.7 Å². The lowest BCUT2D eigenvalue weighted by molar-refractivity contribution is 0.0192. The molecule has 0 spiro atoms. The molecule has 4 heteroatoms. The van der Waals surface area contributed by atoms with Crippen molar-refractivity contribution in [2.75, 3.05) is 32.8 Å². The SMILES string of the molecule is [C-]#[N+]CC(c1cccnc1)N1CCOCC1. The Bertz CT molecular complexity index is 354. The molecule has 0 radical (unpaired) electrons. The molecule has 1 saturated heterocycles. The smallest absolute Gasteiger partial charge is 0.234 e. The number of morpholine rings is 1. The van der Waals surface area contributed by atoms with Crippen molar-refractivity contribution in [2.24, 2.45) is 0 Å². The molecule has 4 nitrogen and oxygen atoms in total. The first kappa shape index (κ1) is 11.1. The molecule has 84 valence electrons. The van der Waals surface area contributed by atoms with Gasteiger partial charge in [-0.3, -0.25) is 9.88 Å². The van der Waals surface area contributed by atoms with Gasteiger partial charge in [-0.2, -0.15) is 0 Å². The molecule has 1 fully saturated rings. The van der Waals surface area contributed by atoms with Crippen LogP contribution in [0.2, 0.25) is 0 Å². The van der Waals surface area contributed by atoms with E-state index >= 15 is 0 Å². The minimum absolute atomic E-state index is 0.162. The molecule has 16 heavy (non-hydrogen) atoms. The van der Waals surface area contributed by atoms with Gasteiger partial charge < -0.3 is 9.58 Å². The summed E-state index contributed by atoms with van der Waals surface area (Å²) in [5.74, 6) is 0. The molecule has 0 aliphatic carbocycles. The lowest BCUT2D eigenvalue weighted by atomic mass is 10.1. The van der Waals surface area contributed by atoms with Crippen molar-refractivity contribution in [1.82, 2.24) is 9.88 Å². The van der Waals surface area contributed by atoms with Crippen molar-refractivity contribution < 1.29 is 4.74 Å². The number of ether oxygens (including phenoxy) is 1. The largest absolute Gasteiger partial charge is 0.379 e. The Hall–Kier alpha value is -1.44. The zero-order chi connectivity index (χ0) is 11.2. The van der Waals surface area contributed by atoms with E-state index in [2.05, 4.69) is 14.7 Å². The summed E-state index contributed by atoms with van der Waals surface area (Å²) >= 11 is 0. The van der Waals surface area contributed by atoms with Crippen LogP contribution in [0.1, 0.15) is 11.6 Å². The monoisotopic (exact) mass is 217 g/mol. The van der Waals surface area contributed by atoms with Crippen LogP contribution in [-0.4, -0.2) is 42.7 Å². The number of aromatic nitrogens is 1. The Labute approximate surface area is 95.7 Å². The van der Waals surface area contributed by atoms with Crippen molar-refractivity contribution in [1.29, 1.82) is 0 Å². The van der Waals surface area contributed by atoms with Gasteiger partial charge in [-0.25, -0.2) is 6.57 Å². The second kappa shape index (κ2) is 5.59. The average Bonchev–Trinajstić information content (AvgIpc) is 2.38. The molecule has 1 aromatic heterocycles. The third-order valence-corrected chi connectivity index (χ3v) is 2.82. The van der Waals surface area contributed by atoms with Crippen LogP contribution in [0.25, 0.3) is 4.85 Å². The summed E-state index contributed by atoms with van der Waals surface area (Å²) in [4.78, 5) is 9.95. The van der Waals surface area contributed by atoms with Gasteiger partial charge in [0.05, 0.1) is 13.2 Å². The van der Waals surface area contributed by atoms with Gasteiger partial charge >= 0.3 is 0 Å². The second-order valence-electron chi connectivity index (χ2n) is 3.79. The molecule has 0 N–H and O–H groups in total. The first-order chi connectivity index (χ1) is 7.92. The Morgan fingerprint density at radius 1 is 1.50 bits per heavy atom. The Morgan fingerprint density at radius 2 is 2.31 bits per heavy atom. The van der Waals surface area contributed by atoms with Gasteiger partial charge in [0, 0.05) is 25.5 Å². The Balaban J connectivity index is 2.13. The fourth-order valence-corrected chi connectivity index (χ4v) is 1.98. The molecule has 1 aliphatic heterocycles. The van der Waals surface area contributed by atoms with Crippen LogP contribution < -0.4 is 0 Å². The van der Waals surface area contributed by atoms with Crippen LogP contribution >= 0.6 is 0 Å².